The van der Waals surface area contributed by atoms with Crippen LogP contribution in [0, 0.1) is 0 Å². The molecule has 4 heterocycles. The molecule has 5 aromatic carbocycles. The summed E-state index contributed by atoms with van der Waals surface area (Å²) < 4.78 is 7.64. The van der Waals surface area contributed by atoms with Crippen molar-refractivity contribution in [3.8, 4) is 33.6 Å². The van der Waals surface area contributed by atoms with Gasteiger partial charge in [-0.25, -0.2) is 15.0 Å². The lowest BCUT2D eigenvalue weighted by Gasteiger charge is -2.24. The van der Waals surface area contributed by atoms with Crippen molar-refractivity contribution in [2.75, 3.05) is 0 Å². The van der Waals surface area contributed by atoms with Crippen LogP contribution in [0.4, 0.5) is 0 Å². The Bertz CT molecular complexity index is 2770. The van der Waals surface area contributed by atoms with Gasteiger partial charge in [0.25, 0.3) is 0 Å². The number of hydrogen-bond acceptors (Lipinski definition) is 6. The zero-order valence-corrected chi connectivity index (χ0v) is 30.8. The predicted octanol–water partition coefficient (Wildman–Crippen LogP) is 12.4. The highest BCUT2D eigenvalue weighted by atomic mass is 32.1. The number of thiophene rings is 1. The second-order valence-corrected chi connectivity index (χ2v) is 16.3. The molecule has 0 bridgehead atoms. The van der Waals surface area contributed by atoms with Gasteiger partial charge in [0.2, 0.25) is 5.71 Å². The summed E-state index contributed by atoms with van der Waals surface area (Å²) in [5.41, 5.74) is 8.33. The molecule has 9 rings (SSSR count). The molecule has 0 aliphatic heterocycles. The normalized spacial score (nSPS) is 12.4. The highest BCUT2D eigenvalue weighted by Crippen LogP contribution is 2.41. The van der Waals surface area contributed by atoms with Crippen LogP contribution in [0.5, 0.6) is 0 Å². The predicted molar refractivity (Wildman–Crippen MR) is 216 cm³/mol. The third kappa shape index (κ3) is 5.64. The van der Waals surface area contributed by atoms with E-state index in [-0.39, 0.29) is 5.41 Å². The third-order valence-corrected chi connectivity index (χ3v) is 10.9. The van der Waals surface area contributed by atoms with Crippen molar-refractivity contribution in [2.45, 2.75) is 51.9 Å². The summed E-state index contributed by atoms with van der Waals surface area (Å²) in [4.78, 5) is 21.8. The van der Waals surface area contributed by atoms with Crippen molar-refractivity contribution in [1.82, 2.24) is 19.9 Å². The van der Waals surface area contributed by atoms with E-state index in [0.717, 1.165) is 72.7 Å². The zero-order chi connectivity index (χ0) is 35.6. The monoisotopic (exact) mass is 694 g/mol. The summed E-state index contributed by atoms with van der Waals surface area (Å²) in [5.74, 6) is 1.60. The fraction of sp³-hybridized carbons (Fsp3) is 0.174. The number of aromatic nitrogens is 4. The van der Waals surface area contributed by atoms with Crippen LogP contribution in [0.3, 0.4) is 0 Å². The lowest BCUT2D eigenvalue weighted by molar-refractivity contribution is 0.485. The molecule has 9 aromatic rings. The van der Waals surface area contributed by atoms with E-state index < -0.39 is 5.41 Å². The van der Waals surface area contributed by atoms with Crippen LogP contribution in [0.15, 0.2) is 132 Å². The fourth-order valence-electron chi connectivity index (χ4n) is 7.17. The molecule has 0 amide bonds. The molecule has 0 spiro atoms. The van der Waals surface area contributed by atoms with Crippen LogP contribution in [0.1, 0.15) is 51.8 Å². The van der Waals surface area contributed by atoms with E-state index in [9.17, 15) is 0 Å². The van der Waals surface area contributed by atoms with E-state index in [2.05, 4.69) is 138 Å². The number of nitrogens with zero attached hydrogens (tertiary/aromatic N) is 4. The second-order valence-electron chi connectivity index (χ2n) is 15.3. The molecule has 0 aliphatic rings. The van der Waals surface area contributed by atoms with Crippen LogP contribution < -0.4 is 0 Å². The van der Waals surface area contributed by atoms with Gasteiger partial charge in [0.15, 0.2) is 0 Å². The standard InChI is InChI=1S/C46H38N4OS/c1-45(2,3)43-47-40(38-34-19-10-12-21-36(34)52-42(38)50-43)32-17-13-14-28(26-32)27-46(4,5)44-48-39(37-33-18-9-11-20-35(33)51-41(37)49-44)31-24-22-30(23-25-31)29-15-7-6-8-16-29/h6-26H,27H2,1-5H3. The maximum Gasteiger partial charge on any atom is 0.231 e. The van der Waals surface area contributed by atoms with Crippen molar-refractivity contribution < 1.29 is 4.42 Å². The Morgan fingerprint density at radius 2 is 1.17 bits per heavy atom. The van der Waals surface area contributed by atoms with Gasteiger partial charge in [-0.05, 0) is 41.3 Å². The van der Waals surface area contributed by atoms with Gasteiger partial charge in [-0.2, -0.15) is 4.98 Å². The van der Waals surface area contributed by atoms with E-state index in [1.54, 1.807) is 11.3 Å². The van der Waals surface area contributed by atoms with E-state index in [4.69, 9.17) is 24.4 Å². The largest absolute Gasteiger partial charge is 0.438 e. The van der Waals surface area contributed by atoms with Gasteiger partial charge in [-0.1, -0.05) is 144 Å². The molecular weight excluding hydrogens is 657 g/mol. The Kier molecular flexibility index (Phi) is 7.56. The van der Waals surface area contributed by atoms with E-state index in [1.165, 1.54) is 21.2 Å². The van der Waals surface area contributed by atoms with Crippen molar-refractivity contribution in [3.05, 3.63) is 145 Å². The number of furan rings is 1. The third-order valence-electron chi connectivity index (χ3n) is 9.87. The first kappa shape index (κ1) is 32.2. The van der Waals surface area contributed by atoms with Gasteiger partial charge in [0.1, 0.15) is 22.1 Å². The average Bonchev–Trinajstić information content (AvgIpc) is 3.73. The second kappa shape index (κ2) is 12.2. The average molecular weight is 695 g/mol. The molecule has 52 heavy (non-hydrogen) atoms. The van der Waals surface area contributed by atoms with Crippen molar-refractivity contribution in [2.24, 2.45) is 0 Å². The lowest BCUT2D eigenvalue weighted by atomic mass is 9.84. The molecule has 5 nitrogen and oxygen atoms in total. The summed E-state index contributed by atoms with van der Waals surface area (Å²) in [6.45, 7) is 11.0. The molecule has 0 aliphatic carbocycles. The highest BCUT2D eigenvalue weighted by Gasteiger charge is 2.29. The molecule has 0 atom stereocenters. The molecule has 6 heteroatoms. The summed E-state index contributed by atoms with van der Waals surface area (Å²) in [6.07, 6.45) is 0.726. The van der Waals surface area contributed by atoms with Gasteiger partial charge in [-0.3, -0.25) is 0 Å². The van der Waals surface area contributed by atoms with Crippen molar-refractivity contribution >= 4 is 53.7 Å². The first-order chi connectivity index (χ1) is 25.1. The van der Waals surface area contributed by atoms with Crippen molar-refractivity contribution in [1.29, 1.82) is 0 Å². The summed E-state index contributed by atoms with van der Waals surface area (Å²) in [7, 11) is 0. The number of fused-ring (bicyclic) bond motifs is 6. The number of benzene rings is 5. The zero-order valence-electron chi connectivity index (χ0n) is 29.9. The molecule has 0 saturated heterocycles. The molecule has 254 valence electrons. The minimum atomic E-state index is -0.419. The quantitative estimate of drug-likeness (QED) is 0.173. The van der Waals surface area contributed by atoms with Gasteiger partial charge in [0, 0.05) is 42.8 Å². The summed E-state index contributed by atoms with van der Waals surface area (Å²) >= 11 is 1.74. The van der Waals surface area contributed by atoms with Gasteiger partial charge >= 0.3 is 0 Å². The molecule has 0 N–H and O–H groups in total. The lowest BCUT2D eigenvalue weighted by Crippen LogP contribution is -2.24. The fourth-order valence-corrected chi connectivity index (χ4v) is 8.25. The Morgan fingerprint density at radius 1 is 0.538 bits per heavy atom. The topological polar surface area (TPSA) is 64.7 Å². The highest BCUT2D eigenvalue weighted by molar-refractivity contribution is 7.25. The van der Waals surface area contributed by atoms with Crippen LogP contribution >= 0.6 is 11.3 Å². The minimum absolute atomic E-state index is 0.190. The Morgan fingerprint density at radius 3 is 1.96 bits per heavy atom. The van der Waals surface area contributed by atoms with Gasteiger partial charge in [-0.15, -0.1) is 11.3 Å². The number of hydrogen-bond donors (Lipinski definition) is 0. The smallest absolute Gasteiger partial charge is 0.231 e. The molecule has 0 saturated carbocycles. The number of rotatable bonds is 6. The Hall–Kier alpha value is -5.72. The maximum absolute atomic E-state index is 6.41. The van der Waals surface area contributed by atoms with E-state index in [0.29, 0.717) is 5.71 Å². The molecular formula is C46H38N4OS. The van der Waals surface area contributed by atoms with Crippen molar-refractivity contribution in [3.63, 3.8) is 0 Å². The Balaban J connectivity index is 1.14. The summed E-state index contributed by atoms with van der Waals surface area (Å²) in [6, 6.07) is 44.6. The molecule has 0 unspecified atom stereocenters. The first-order valence-electron chi connectivity index (χ1n) is 17.8. The van der Waals surface area contributed by atoms with Crippen LogP contribution in [0.2, 0.25) is 0 Å². The van der Waals surface area contributed by atoms with E-state index in [1.807, 2.05) is 24.3 Å². The molecule has 0 fully saturated rings. The van der Waals surface area contributed by atoms with Gasteiger partial charge in [0.05, 0.1) is 16.8 Å². The van der Waals surface area contributed by atoms with Gasteiger partial charge < -0.3 is 4.42 Å². The maximum atomic E-state index is 6.41. The number of para-hydroxylation sites is 1. The molecule has 4 aromatic heterocycles. The SMILES string of the molecule is CC(C)(C)c1nc(-c2cccc(CC(C)(C)c3nc(-c4ccc(-c5ccccc5)cc4)c4c(n3)oc3ccccc34)c2)c2c(n1)sc1ccccc12. The minimum Gasteiger partial charge on any atom is -0.438 e. The summed E-state index contributed by atoms with van der Waals surface area (Å²) in [5, 5.41) is 4.27. The van der Waals surface area contributed by atoms with Crippen LogP contribution in [0.25, 0.3) is 76.0 Å². The van der Waals surface area contributed by atoms with E-state index >= 15 is 0 Å². The van der Waals surface area contributed by atoms with Crippen LogP contribution in [-0.2, 0) is 17.3 Å². The molecule has 0 radical (unpaired) electrons. The first-order valence-corrected chi connectivity index (χ1v) is 18.6. The Labute approximate surface area is 307 Å². The van der Waals surface area contributed by atoms with Crippen LogP contribution in [-0.4, -0.2) is 19.9 Å².